The van der Waals surface area contributed by atoms with Crippen molar-refractivity contribution in [1.82, 2.24) is 14.5 Å². The van der Waals surface area contributed by atoms with E-state index in [1.54, 1.807) is 47.3 Å². The minimum absolute atomic E-state index is 0.0517. The number of pyridine rings is 1. The lowest BCUT2D eigenvalue weighted by molar-refractivity contribution is -0.118. The van der Waals surface area contributed by atoms with Gasteiger partial charge in [0.15, 0.2) is 6.61 Å². The Morgan fingerprint density at radius 2 is 2.08 bits per heavy atom. The zero-order valence-corrected chi connectivity index (χ0v) is 13.4. The Balaban J connectivity index is 1.50. The van der Waals surface area contributed by atoms with Crippen LogP contribution in [0.2, 0.25) is 0 Å². The molecule has 126 valence electrons. The Kier molecular flexibility index (Phi) is 3.89. The van der Waals surface area contributed by atoms with E-state index in [2.05, 4.69) is 15.3 Å². The molecule has 1 aliphatic heterocycles. The molecule has 0 spiro atoms. The van der Waals surface area contributed by atoms with Crippen molar-refractivity contribution in [2.45, 2.75) is 19.4 Å². The number of anilines is 1. The number of nitrogens with one attached hydrogen (secondary N) is 1. The molecule has 1 aliphatic rings. The lowest BCUT2D eigenvalue weighted by atomic mass is 10.2. The zero-order valence-electron chi connectivity index (χ0n) is 13.4. The molecule has 1 amide bonds. The predicted molar refractivity (Wildman–Crippen MR) is 92.7 cm³/mol. The summed E-state index contributed by atoms with van der Waals surface area (Å²) in [7, 11) is 0. The first-order valence-corrected chi connectivity index (χ1v) is 8.07. The maximum Gasteiger partial charge on any atom is 0.262 e. The van der Waals surface area contributed by atoms with Gasteiger partial charge >= 0.3 is 0 Å². The fourth-order valence-electron chi connectivity index (χ4n) is 2.93. The molecule has 1 aromatic carbocycles. The third kappa shape index (κ3) is 3.08. The first-order valence-electron chi connectivity index (χ1n) is 8.07. The molecule has 7 heteroatoms. The highest BCUT2D eigenvalue weighted by Crippen LogP contribution is 2.19. The molecular formula is C18H16N4O3. The smallest absolute Gasteiger partial charge is 0.262 e. The Labute approximate surface area is 143 Å². The summed E-state index contributed by atoms with van der Waals surface area (Å²) in [6, 6.07) is 8.52. The van der Waals surface area contributed by atoms with Gasteiger partial charge in [0.05, 0.1) is 10.9 Å². The summed E-state index contributed by atoms with van der Waals surface area (Å²) in [4.78, 5) is 32.9. The maximum atomic E-state index is 12.5. The summed E-state index contributed by atoms with van der Waals surface area (Å²) in [5.74, 6) is 1.02. The fraction of sp³-hybridized carbons (Fsp3) is 0.222. The average molecular weight is 336 g/mol. The number of amides is 1. The molecule has 7 nitrogen and oxygen atoms in total. The van der Waals surface area contributed by atoms with Crippen LogP contribution in [0.4, 0.5) is 5.69 Å². The normalized spacial score (nSPS) is 12.8. The number of aryl methyl sites for hydroxylation is 1. The van der Waals surface area contributed by atoms with E-state index in [-0.39, 0.29) is 18.1 Å². The van der Waals surface area contributed by atoms with Gasteiger partial charge in [-0.25, -0.2) is 4.98 Å². The van der Waals surface area contributed by atoms with Crippen LogP contribution in [-0.2, 0) is 17.8 Å². The van der Waals surface area contributed by atoms with Gasteiger partial charge < -0.3 is 10.1 Å². The highest BCUT2D eigenvalue weighted by molar-refractivity contribution is 5.91. The maximum absolute atomic E-state index is 12.5. The second kappa shape index (κ2) is 6.35. The van der Waals surface area contributed by atoms with E-state index in [4.69, 9.17) is 4.74 Å². The summed E-state index contributed by atoms with van der Waals surface area (Å²) in [6.07, 6.45) is 4.97. The number of hydrogen-bond donors (Lipinski definition) is 1. The summed E-state index contributed by atoms with van der Waals surface area (Å²) < 4.78 is 7.23. The molecule has 3 heterocycles. The number of fused-ring (bicyclic) bond motifs is 2. The molecule has 1 N–H and O–H groups in total. The van der Waals surface area contributed by atoms with E-state index in [0.29, 0.717) is 28.9 Å². The third-order valence-electron chi connectivity index (χ3n) is 4.12. The first kappa shape index (κ1) is 15.3. The third-order valence-corrected chi connectivity index (χ3v) is 4.12. The van der Waals surface area contributed by atoms with Gasteiger partial charge in [-0.05, 0) is 36.8 Å². The molecule has 0 aliphatic carbocycles. The van der Waals surface area contributed by atoms with Crippen molar-refractivity contribution in [3.05, 3.63) is 58.9 Å². The summed E-state index contributed by atoms with van der Waals surface area (Å²) >= 11 is 0. The van der Waals surface area contributed by atoms with Crippen molar-refractivity contribution in [3.63, 3.8) is 0 Å². The Morgan fingerprint density at radius 1 is 1.24 bits per heavy atom. The van der Waals surface area contributed by atoms with Crippen LogP contribution in [0.5, 0.6) is 5.75 Å². The number of carbonyl (C=O) groups excluding carboxylic acids is 1. The van der Waals surface area contributed by atoms with Crippen molar-refractivity contribution < 1.29 is 9.53 Å². The molecule has 0 saturated carbocycles. The fourth-order valence-corrected chi connectivity index (χ4v) is 2.93. The van der Waals surface area contributed by atoms with Gasteiger partial charge in [-0.3, -0.25) is 19.1 Å². The van der Waals surface area contributed by atoms with Crippen molar-refractivity contribution in [1.29, 1.82) is 0 Å². The predicted octanol–water partition coefficient (Wildman–Crippen LogP) is 1.76. The van der Waals surface area contributed by atoms with Crippen molar-refractivity contribution in [3.8, 4) is 5.75 Å². The van der Waals surface area contributed by atoms with E-state index in [0.717, 1.165) is 18.7 Å². The minimum atomic E-state index is -0.282. The van der Waals surface area contributed by atoms with Crippen LogP contribution in [0, 0.1) is 0 Å². The second-order valence-corrected chi connectivity index (χ2v) is 5.84. The van der Waals surface area contributed by atoms with Gasteiger partial charge in [0.2, 0.25) is 0 Å². The van der Waals surface area contributed by atoms with Gasteiger partial charge in [0.1, 0.15) is 11.6 Å². The topological polar surface area (TPSA) is 86.1 Å². The molecular weight excluding hydrogens is 320 g/mol. The lowest BCUT2D eigenvalue weighted by Gasteiger charge is -2.09. The van der Waals surface area contributed by atoms with Crippen LogP contribution < -0.4 is 15.6 Å². The SMILES string of the molecule is O=C(COc1ccc2nc3n(c(=O)c2c1)CCC3)Nc1ccncc1. The number of ether oxygens (including phenoxy) is 1. The van der Waals surface area contributed by atoms with Gasteiger partial charge in [-0.2, -0.15) is 0 Å². The summed E-state index contributed by atoms with van der Waals surface area (Å²) in [5.41, 5.74) is 1.26. The molecule has 0 unspecified atom stereocenters. The van der Waals surface area contributed by atoms with Crippen LogP contribution in [0.15, 0.2) is 47.5 Å². The number of carbonyl (C=O) groups is 1. The highest BCUT2D eigenvalue weighted by Gasteiger charge is 2.16. The van der Waals surface area contributed by atoms with Crippen LogP contribution >= 0.6 is 0 Å². The molecule has 0 radical (unpaired) electrons. The van der Waals surface area contributed by atoms with E-state index < -0.39 is 0 Å². The van der Waals surface area contributed by atoms with Gasteiger partial charge in [0.25, 0.3) is 11.5 Å². The van der Waals surface area contributed by atoms with Crippen LogP contribution in [-0.4, -0.2) is 27.0 Å². The minimum Gasteiger partial charge on any atom is -0.484 e. The molecule has 4 rings (SSSR count). The average Bonchev–Trinajstić information content (AvgIpc) is 3.10. The van der Waals surface area contributed by atoms with E-state index in [9.17, 15) is 9.59 Å². The summed E-state index contributed by atoms with van der Waals surface area (Å²) in [5, 5.41) is 3.22. The molecule has 2 aromatic heterocycles. The number of hydrogen-bond acceptors (Lipinski definition) is 5. The number of rotatable bonds is 4. The largest absolute Gasteiger partial charge is 0.484 e. The molecule has 3 aromatic rings. The molecule has 0 bridgehead atoms. The Bertz CT molecular complexity index is 998. The van der Waals surface area contributed by atoms with Crippen LogP contribution in [0.1, 0.15) is 12.2 Å². The molecule has 25 heavy (non-hydrogen) atoms. The standard InChI is InChI=1S/C18H16N4O3/c23-17(20-12-5-7-19-8-6-12)11-25-13-3-4-15-14(10-13)18(24)22-9-1-2-16(22)21-15/h3-8,10H,1-2,9,11H2,(H,19,20,23). The summed E-state index contributed by atoms with van der Waals surface area (Å²) in [6.45, 7) is 0.560. The van der Waals surface area contributed by atoms with Crippen LogP contribution in [0.3, 0.4) is 0 Å². The second-order valence-electron chi connectivity index (χ2n) is 5.84. The Morgan fingerprint density at radius 3 is 2.92 bits per heavy atom. The van der Waals surface area contributed by atoms with Gasteiger partial charge in [-0.15, -0.1) is 0 Å². The number of nitrogens with zero attached hydrogens (tertiary/aromatic N) is 3. The van der Waals surface area contributed by atoms with Crippen molar-refractivity contribution in [2.24, 2.45) is 0 Å². The monoisotopic (exact) mass is 336 g/mol. The molecule has 0 atom stereocenters. The van der Waals surface area contributed by atoms with Crippen LogP contribution in [0.25, 0.3) is 10.9 Å². The molecule has 0 fully saturated rings. The van der Waals surface area contributed by atoms with E-state index in [1.807, 2.05) is 0 Å². The quantitative estimate of drug-likeness (QED) is 0.784. The number of benzene rings is 1. The van der Waals surface area contributed by atoms with E-state index in [1.165, 1.54) is 0 Å². The van der Waals surface area contributed by atoms with Gasteiger partial charge in [0, 0.05) is 31.0 Å². The van der Waals surface area contributed by atoms with Crippen molar-refractivity contribution in [2.75, 3.05) is 11.9 Å². The zero-order chi connectivity index (χ0) is 17.2. The highest BCUT2D eigenvalue weighted by atomic mass is 16.5. The lowest BCUT2D eigenvalue weighted by Crippen LogP contribution is -2.22. The Hall–Kier alpha value is -3.22. The molecule has 0 saturated heterocycles. The first-order chi connectivity index (χ1) is 12.2. The number of aromatic nitrogens is 3. The van der Waals surface area contributed by atoms with Gasteiger partial charge in [-0.1, -0.05) is 0 Å². The van der Waals surface area contributed by atoms with Crippen molar-refractivity contribution >= 4 is 22.5 Å². The van der Waals surface area contributed by atoms with E-state index >= 15 is 0 Å².